The van der Waals surface area contributed by atoms with Crippen LogP contribution < -0.4 is 10.2 Å². The molecule has 40 valence electrons. The molecule has 0 aromatic heterocycles. The quantitative estimate of drug-likeness (QED) is 0.430. The van der Waals surface area contributed by atoms with Gasteiger partial charge in [-0.15, -0.1) is 0 Å². The summed E-state index contributed by atoms with van der Waals surface area (Å²) in [6.45, 7) is 0. The van der Waals surface area contributed by atoms with Gasteiger partial charge in [0.2, 0.25) is 0 Å². The Morgan fingerprint density at radius 1 is 0.667 bits per heavy atom. The zero-order valence-corrected chi connectivity index (χ0v) is 8.27. The summed E-state index contributed by atoms with van der Waals surface area (Å²) in [5.74, 6) is 0. The zero-order chi connectivity index (χ0) is 4.00. The Bertz CT molecular complexity index is 9.51. The summed E-state index contributed by atoms with van der Waals surface area (Å²) in [6.07, 6.45) is 0. The third-order valence-electron chi connectivity index (χ3n) is 0. The maximum absolute atomic E-state index is 8.25. The molecule has 0 rings (SSSR count). The van der Waals surface area contributed by atoms with E-state index in [1.807, 2.05) is 0 Å². The van der Waals surface area contributed by atoms with Gasteiger partial charge in [0.25, 0.3) is 0 Å². The van der Waals surface area contributed by atoms with Crippen LogP contribution >= 0.6 is 0 Å². The predicted molar refractivity (Wildman–Crippen MR) is 11.8 cm³/mol. The van der Waals surface area contributed by atoms with Crippen LogP contribution in [0.25, 0.3) is 0 Å². The molecular formula is C2H6Ir2O2+4. The minimum absolute atomic E-state index is 0. The number of rotatable bonds is 0. The van der Waals surface area contributed by atoms with Crippen molar-refractivity contribution >= 4 is 0 Å². The fraction of sp³-hybridized carbons (Fsp3) is 1.00. The Labute approximate surface area is 64.7 Å². The van der Waals surface area contributed by atoms with Crippen LogP contribution in [0.1, 0.15) is 0 Å². The van der Waals surface area contributed by atoms with Crippen molar-refractivity contribution in [3.8, 4) is 0 Å². The van der Waals surface area contributed by atoms with Crippen LogP contribution in [-0.2, 0) is 40.2 Å². The Kier molecular flexibility index (Phi) is 512. The molecule has 0 saturated carbocycles. The summed E-state index contributed by atoms with van der Waals surface area (Å²) in [5, 5.41) is 16.5. The SMILES string of the molecule is C[O-].C[O-].[Ir+3].[Ir+3]. The average molecular weight is 447 g/mol. The average Bonchev–Trinajstić information content (AvgIpc) is 1.50. The second kappa shape index (κ2) is 114. The van der Waals surface area contributed by atoms with Gasteiger partial charge in [-0.1, -0.05) is 0 Å². The van der Waals surface area contributed by atoms with Gasteiger partial charge in [0.05, 0.1) is 0 Å². The smallest absolute Gasteiger partial charge is 0.857 e. The molecule has 6 heavy (non-hydrogen) atoms. The summed E-state index contributed by atoms with van der Waals surface area (Å²) in [7, 11) is 1.50. The molecule has 0 radical (unpaired) electrons. The van der Waals surface area contributed by atoms with Gasteiger partial charge in [0, 0.05) is 0 Å². The molecule has 0 bridgehead atoms. The summed E-state index contributed by atoms with van der Waals surface area (Å²) in [4.78, 5) is 0. The first-order valence-corrected chi connectivity index (χ1v) is 0.816. The molecule has 0 amide bonds. The van der Waals surface area contributed by atoms with Gasteiger partial charge in [-0.25, -0.2) is 0 Å². The van der Waals surface area contributed by atoms with E-state index in [9.17, 15) is 0 Å². The van der Waals surface area contributed by atoms with Gasteiger partial charge in [-0.05, 0) is 0 Å². The van der Waals surface area contributed by atoms with Crippen LogP contribution in [0.3, 0.4) is 0 Å². The van der Waals surface area contributed by atoms with Crippen molar-refractivity contribution in [1.82, 2.24) is 0 Å². The fourth-order valence-corrected chi connectivity index (χ4v) is 0. The van der Waals surface area contributed by atoms with E-state index in [0.717, 1.165) is 14.2 Å². The van der Waals surface area contributed by atoms with Crippen molar-refractivity contribution in [3.63, 3.8) is 0 Å². The van der Waals surface area contributed by atoms with Gasteiger partial charge in [-0.2, -0.15) is 14.2 Å². The van der Waals surface area contributed by atoms with Gasteiger partial charge < -0.3 is 10.2 Å². The van der Waals surface area contributed by atoms with Gasteiger partial charge in [0.1, 0.15) is 0 Å². The first-order chi connectivity index (χ1) is 2.00. The molecular weight excluding hydrogens is 440 g/mol. The van der Waals surface area contributed by atoms with E-state index >= 15 is 0 Å². The van der Waals surface area contributed by atoms with Crippen molar-refractivity contribution in [2.75, 3.05) is 14.2 Å². The van der Waals surface area contributed by atoms with E-state index in [2.05, 4.69) is 0 Å². The summed E-state index contributed by atoms with van der Waals surface area (Å²) in [5.41, 5.74) is 0. The van der Waals surface area contributed by atoms with Gasteiger partial charge in [0.15, 0.2) is 0 Å². The van der Waals surface area contributed by atoms with Crippen LogP contribution in [0.15, 0.2) is 0 Å². The molecule has 0 aromatic carbocycles. The van der Waals surface area contributed by atoms with Gasteiger partial charge >= 0.3 is 40.2 Å². The normalized spacial score (nSPS) is 2.00. The van der Waals surface area contributed by atoms with Crippen LogP contribution in [0.5, 0.6) is 0 Å². The second-order valence-corrected chi connectivity index (χ2v) is 0. The zero-order valence-electron chi connectivity index (χ0n) is 3.48. The molecule has 4 heteroatoms. The summed E-state index contributed by atoms with van der Waals surface area (Å²) >= 11 is 0. The molecule has 2 nitrogen and oxygen atoms in total. The topological polar surface area (TPSA) is 46.1 Å². The third-order valence-corrected chi connectivity index (χ3v) is 0. The maximum atomic E-state index is 8.25. The van der Waals surface area contributed by atoms with Crippen LogP contribution in [0.4, 0.5) is 0 Å². The maximum Gasteiger partial charge on any atom is 3.00 e. The van der Waals surface area contributed by atoms with Crippen LogP contribution in [0, 0.1) is 0 Å². The van der Waals surface area contributed by atoms with E-state index < -0.39 is 0 Å². The molecule has 0 aliphatic rings. The fourth-order valence-electron chi connectivity index (χ4n) is 0. The van der Waals surface area contributed by atoms with Crippen LogP contribution in [-0.4, -0.2) is 14.2 Å². The summed E-state index contributed by atoms with van der Waals surface area (Å²) < 4.78 is 0. The summed E-state index contributed by atoms with van der Waals surface area (Å²) in [6, 6.07) is 0. The molecule has 0 aromatic rings. The molecule has 0 fully saturated rings. The van der Waals surface area contributed by atoms with E-state index in [1.165, 1.54) is 0 Å². The Morgan fingerprint density at radius 2 is 0.667 bits per heavy atom. The van der Waals surface area contributed by atoms with Crippen molar-refractivity contribution in [3.05, 3.63) is 0 Å². The minimum Gasteiger partial charge on any atom is -0.857 e. The van der Waals surface area contributed by atoms with E-state index in [1.54, 1.807) is 0 Å². The molecule has 0 unspecified atom stereocenters. The Morgan fingerprint density at radius 3 is 0.667 bits per heavy atom. The first-order valence-electron chi connectivity index (χ1n) is 0.816. The van der Waals surface area contributed by atoms with E-state index in [4.69, 9.17) is 10.2 Å². The Balaban J connectivity index is -0.00000000500. The second-order valence-electron chi connectivity index (χ2n) is 0. The van der Waals surface area contributed by atoms with Crippen molar-refractivity contribution in [2.24, 2.45) is 0 Å². The third kappa shape index (κ3) is 62.5. The monoisotopic (exact) mass is 448 g/mol. The predicted octanol–water partition coefficient (Wildman–Crippen LogP) is -2.05. The van der Waals surface area contributed by atoms with E-state index in [0.29, 0.717) is 0 Å². The largest absolute Gasteiger partial charge is 3.00 e. The number of hydrogen-bond donors (Lipinski definition) is 0. The van der Waals surface area contributed by atoms with Crippen LogP contribution in [0.2, 0.25) is 0 Å². The van der Waals surface area contributed by atoms with Crippen molar-refractivity contribution < 1.29 is 50.4 Å². The standard InChI is InChI=1S/2CH3O.2Ir/c2*1-2;;/h2*1H3;;/q2*-1;2*+3. The molecule has 0 aliphatic heterocycles. The minimum atomic E-state index is 0. The molecule has 0 aliphatic carbocycles. The van der Waals surface area contributed by atoms with Crippen molar-refractivity contribution in [1.29, 1.82) is 0 Å². The number of hydrogen-bond acceptors (Lipinski definition) is 2. The van der Waals surface area contributed by atoms with Gasteiger partial charge in [-0.3, -0.25) is 0 Å². The molecule has 0 spiro atoms. The molecule has 0 atom stereocenters. The first kappa shape index (κ1) is 26.9. The van der Waals surface area contributed by atoms with Crippen molar-refractivity contribution in [2.45, 2.75) is 0 Å². The molecule has 0 N–H and O–H groups in total. The van der Waals surface area contributed by atoms with E-state index in [-0.39, 0.29) is 40.2 Å². The Hall–Kier alpha value is 1.22. The molecule has 0 saturated heterocycles. The molecule has 0 heterocycles.